The Balaban J connectivity index is 1.85. The molecule has 114 valence electrons. The maximum absolute atomic E-state index is 13.1. The highest BCUT2D eigenvalue weighted by atomic mass is 32.1. The van der Waals surface area contributed by atoms with Gasteiger partial charge in [-0.1, -0.05) is 23.5 Å². The van der Waals surface area contributed by atoms with Gasteiger partial charge in [-0.3, -0.25) is 0 Å². The van der Waals surface area contributed by atoms with Gasteiger partial charge in [-0.15, -0.1) is 10.2 Å². The molecule has 0 saturated carbocycles. The van der Waals surface area contributed by atoms with Gasteiger partial charge >= 0.3 is 0 Å². The Morgan fingerprint density at radius 2 is 1.83 bits per heavy atom. The zero-order valence-corrected chi connectivity index (χ0v) is 12.9. The van der Waals surface area contributed by atoms with Crippen molar-refractivity contribution in [2.24, 2.45) is 0 Å². The number of nitrogens with zero attached hydrogens (tertiary/aromatic N) is 4. The number of methoxy groups -OCH3 is 1. The summed E-state index contributed by atoms with van der Waals surface area (Å²) < 4.78 is 20.1. The zero-order chi connectivity index (χ0) is 15.8. The molecule has 0 N–H and O–H groups in total. The standard InChI is InChI=1S/C16H11FN4OS/c1-22-13-5-3-2-4-12(13)15-20-21-14(18-19-16(21)23-15)10-6-8-11(17)9-7-10/h2-9H,1H3. The second kappa shape index (κ2) is 5.44. The monoisotopic (exact) mass is 326 g/mol. The molecule has 2 aromatic carbocycles. The molecular weight excluding hydrogens is 315 g/mol. The van der Waals surface area contributed by atoms with Crippen LogP contribution in [0.2, 0.25) is 0 Å². The molecule has 7 heteroatoms. The van der Waals surface area contributed by atoms with Crippen LogP contribution < -0.4 is 4.74 Å². The van der Waals surface area contributed by atoms with E-state index < -0.39 is 0 Å². The normalized spacial score (nSPS) is 11.0. The number of ether oxygens (including phenoxy) is 1. The van der Waals surface area contributed by atoms with Crippen LogP contribution in [0.3, 0.4) is 0 Å². The van der Waals surface area contributed by atoms with E-state index in [-0.39, 0.29) is 5.82 Å². The smallest absolute Gasteiger partial charge is 0.235 e. The minimum Gasteiger partial charge on any atom is -0.496 e. The van der Waals surface area contributed by atoms with Crippen LogP contribution in [0, 0.1) is 5.82 Å². The Labute approximate surface area is 135 Å². The molecule has 0 atom stereocenters. The maximum atomic E-state index is 13.1. The fraction of sp³-hybridized carbons (Fsp3) is 0.0625. The first-order valence-electron chi connectivity index (χ1n) is 6.88. The summed E-state index contributed by atoms with van der Waals surface area (Å²) >= 11 is 1.42. The quantitative estimate of drug-likeness (QED) is 0.576. The molecule has 4 rings (SSSR count). The highest BCUT2D eigenvalue weighted by Gasteiger charge is 2.16. The average molecular weight is 326 g/mol. The molecule has 0 radical (unpaired) electrons. The van der Waals surface area contributed by atoms with Gasteiger partial charge in [0.05, 0.1) is 12.7 Å². The molecule has 5 nitrogen and oxygen atoms in total. The number of rotatable bonds is 3. The molecule has 2 aromatic heterocycles. The van der Waals surface area contributed by atoms with Crippen molar-refractivity contribution in [2.75, 3.05) is 7.11 Å². The first kappa shape index (κ1) is 13.8. The maximum Gasteiger partial charge on any atom is 0.235 e. The van der Waals surface area contributed by atoms with Gasteiger partial charge in [-0.25, -0.2) is 4.39 Å². The summed E-state index contributed by atoms with van der Waals surface area (Å²) in [6, 6.07) is 13.8. The molecule has 0 saturated heterocycles. The number of hydrogen-bond acceptors (Lipinski definition) is 5. The summed E-state index contributed by atoms with van der Waals surface area (Å²) in [6.07, 6.45) is 0. The third-order valence-corrected chi connectivity index (χ3v) is 4.36. The Morgan fingerprint density at radius 3 is 2.61 bits per heavy atom. The van der Waals surface area contributed by atoms with Crippen molar-refractivity contribution in [2.45, 2.75) is 0 Å². The van der Waals surface area contributed by atoms with Crippen molar-refractivity contribution in [3.8, 4) is 27.7 Å². The second-order valence-corrected chi connectivity index (χ2v) is 5.79. The summed E-state index contributed by atoms with van der Waals surface area (Å²) in [6.45, 7) is 0. The predicted octanol–water partition coefficient (Wildman–Crippen LogP) is 3.67. The van der Waals surface area contributed by atoms with E-state index in [0.29, 0.717) is 10.8 Å². The SMILES string of the molecule is COc1ccccc1-c1nn2c(-c3ccc(F)cc3)nnc2s1. The van der Waals surface area contributed by atoms with Gasteiger partial charge in [0.25, 0.3) is 0 Å². The summed E-state index contributed by atoms with van der Waals surface area (Å²) in [5, 5.41) is 13.7. The van der Waals surface area contributed by atoms with Crippen LogP contribution in [0.15, 0.2) is 48.5 Å². The molecule has 0 aliphatic rings. The molecule has 23 heavy (non-hydrogen) atoms. The summed E-state index contributed by atoms with van der Waals surface area (Å²) in [4.78, 5) is 0.672. The van der Waals surface area contributed by atoms with Gasteiger partial charge in [0.1, 0.15) is 11.6 Å². The highest BCUT2D eigenvalue weighted by molar-refractivity contribution is 7.19. The van der Waals surface area contributed by atoms with Gasteiger partial charge in [0, 0.05) is 5.56 Å². The number of fused-ring (bicyclic) bond motifs is 1. The average Bonchev–Trinajstić information content (AvgIpc) is 3.16. The molecular formula is C16H11FN4OS. The Kier molecular flexibility index (Phi) is 3.27. The third kappa shape index (κ3) is 2.35. The van der Waals surface area contributed by atoms with E-state index in [1.54, 1.807) is 23.8 Å². The molecule has 0 fully saturated rings. The minimum absolute atomic E-state index is 0.289. The highest BCUT2D eigenvalue weighted by Crippen LogP contribution is 2.33. The zero-order valence-electron chi connectivity index (χ0n) is 12.1. The van der Waals surface area contributed by atoms with Crippen LogP contribution in [-0.4, -0.2) is 26.9 Å². The van der Waals surface area contributed by atoms with Crippen LogP contribution in [0.4, 0.5) is 4.39 Å². The van der Waals surface area contributed by atoms with Gasteiger partial charge in [-0.05, 0) is 36.4 Å². The van der Waals surface area contributed by atoms with Gasteiger partial charge in [0.15, 0.2) is 10.8 Å². The van der Waals surface area contributed by atoms with E-state index in [0.717, 1.165) is 21.9 Å². The molecule has 0 bridgehead atoms. The van der Waals surface area contributed by atoms with Crippen molar-refractivity contribution in [3.05, 3.63) is 54.3 Å². The van der Waals surface area contributed by atoms with Crippen molar-refractivity contribution in [1.29, 1.82) is 0 Å². The Morgan fingerprint density at radius 1 is 1.04 bits per heavy atom. The summed E-state index contributed by atoms with van der Waals surface area (Å²) in [5.74, 6) is 1.04. The van der Waals surface area contributed by atoms with Crippen molar-refractivity contribution < 1.29 is 9.13 Å². The lowest BCUT2D eigenvalue weighted by Crippen LogP contribution is -1.92. The lowest BCUT2D eigenvalue weighted by molar-refractivity contribution is 0.416. The molecule has 0 aliphatic carbocycles. The van der Waals surface area contributed by atoms with Crippen molar-refractivity contribution in [1.82, 2.24) is 19.8 Å². The van der Waals surface area contributed by atoms with E-state index >= 15 is 0 Å². The van der Waals surface area contributed by atoms with Crippen LogP contribution in [-0.2, 0) is 0 Å². The van der Waals surface area contributed by atoms with E-state index in [1.165, 1.54) is 23.5 Å². The van der Waals surface area contributed by atoms with Crippen LogP contribution in [0.5, 0.6) is 5.75 Å². The second-order valence-electron chi connectivity index (χ2n) is 4.83. The number of halogens is 1. The third-order valence-electron chi connectivity index (χ3n) is 3.43. The Bertz CT molecular complexity index is 977. The fourth-order valence-electron chi connectivity index (χ4n) is 2.33. The van der Waals surface area contributed by atoms with Crippen LogP contribution >= 0.6 is 11.3 Å². The lowest BCUT2D eigenvalue weighted by atomic mass is 10.2. The van der Waals surface area contributed by atoms with E-state index in [2.05, 4.69) is 15.3 Å². The van der Waals surface area contributed by atoms with E-state index in [1.807, 2.05) is 24.3 Å². The molecule has 0 unspecified atom stereocenters. The molecule has 0 amide bonds. The molecule has 4 aromatic rings. The minimum atomic E-state index is -0.289. The predicted molar refractivity (Wildman–Crippen MR) is 86.0 cm³/mol. The van der Waals surface area contributed by atoms with E-state index in [9.17, 15) is 4.39 Å². The van der Waals surface area contributed by atoms with E-state index in [4.69, 9.17) is 4.74 Å². The molecule has 2 heterocycles. The fourth-order valence-corrected chi connectivity index (χ4v) is 3.20. The van der Waals surface area contributed by atoms with Gasteiger partial charge in [-0.2, -0.15) is 9.61 Å². The van der Waals surface area contributed by atoms with Crippen molar-refractivity contribution in [3.63, 3.8) is 0 Å². The molecule has 0 spiro atoms. The number of para-hydroxylation sites is 1. The molecule has 0 aliphatic heterocycles. The lowest BCUT2D eigenvalue weighted by Gasteiger charge is -2.04. The van der Waals surface area contributed by atoms with Crippen LogP contribution in [0.1, 0.15) is 0 Å². The number of hydrogen-bond donors (Lipinski definition) is 0. The number of benzene rings is 2. The first-order valence-corrected chi connectivity index (χ1v) is 7.69. The largest absolute Gasteiger partial charge is 0.496 e. The van der Waals surface area contributed by atoms with Gasteiger partial charge < -0.3 is 4.74 Å². The summed E-state index contributed by atoms with van der Waals surface area (Å²) in [7, 11) is 1.63. The topological polar surface area (TPSA) is 52.3 Å². The van der Waals surface area contributed by atoms with Gasteiger partial charge in [0.2, 0.25) is 4.96 Å². The summed E-state index contributed by atoms with van der Waals surface area (Å²) in [5.41, 5.74) is 1.66. The number of aromatic nitrogens is 4. The first-order chi connectivity index (χ1) is 11.3. The van der Waals surface area contributed by atoms with Crippen LogP contribution in [0.25, 0.3) is 26.9 Å². The van der Waals surface area contributed by atoms with Crippen molar-refractivity contribution >= 4 is 16.3 Å². The Hall–Kier alpha value is -2.80.